The lowest BCUT2D eigenvalue weighted by molar-refractivity contribution is -0.117. The smallest absolute Gasteiger partial charge is 0.287 e. The van der Waals surface area contributed by atoms with Crippen LogP contribution in [-0.4, -0.2) is 24.0 Å². The van der Waals surface area contributed by atoms with Crippen molar-refractivity contribution in [3.8, 4) is 5.75 Å². The van der Waals surface area contributed by atoms with Crippen LogP contribution in [0.15, 0.2) is 47.1 Å². The van der Waals surface area contributed by atoms with Crippen LogP contribution in [-0.2, 0) is 4.79 Å². The molecule has 0 bridgehead atoms. The summed E-state index contributed by atoms with van der Waals surface area (Å²) in [6.07, 6.45) is 1.49. The van der Waals surface area contributed by atoms with E-state index in [-0.39, 0.29) is 17.8 Å². The van der Waals surface area contributed by atoms with E-state index < -0.39 is 11.9 Å². The van der Waals surface area contributed by atoms with Gasteiger partial charge in [0.2, 0.25) is 5.91 Å². The minimum absolute atomic E-state index is 0.0901. The van der Waals surface area contributed by atoms with Gasteiger partial charge in [-0.3, -0.25) is 9.59 Å². The van der Waals surface area contributed by atoms with Crippen LogP contribution in [0.3, 0.4) is 0 Å². The zero-order chi connectivity index (χ0) is 16.8. The van der Waals surface area contributed by atoms with Gasteiger partial charge >= 0.3 is 0 Å². The number of carbonyl (C=O) groups excluding carboxylic acids is 2. The molecule has 0 unspecified atom stereocenters. The predicted octanol–water partition coefficient (Wildman–Crippen LogP) is 2.82. The fourth-order valence-corrected chi connectivity index (χ4v) is 1.88. The topological polar surface area (TPSA) is 80.6 Å². The molecule has 1 atom stereocenters. The summed E-state index contributed by atoms with van der Waals surface area (Å²) < 4.78 is 10.5. The monoisotopic (exact) mass is 316 g/mol. The summed E-state index contributed by atoms with van der Waals surface area (Å²) in [5.41, 5.74) is 0.630. The van der Waals surface area contributed by atoms with Gasteiger partial charge in [0.05, 0.1) is 12.4 Å². The van der Waals surface area contributed by atoms with Crippen LogP contribution in [0.25, 0.3) is 0 Å². The molecule has 1 aromatic heterocycles. The molecule has 0 saturated heterocycles. The Balaban J connectivity index is 1.89. The van der Waals surface area contributed by atoms with Crippen LogP contribution in [0, 0.1) is 0 Å². The van der Waals surface area contributed by atoms with E-state index in [1.807, 2.05) is 13.8 Å². The second-order valence-corrected chi connectivity index (χ2v) is 5.35. The van der Waals surface area contributed by atoms with Gasteiger partial charge in [-0.25, -0.2) is 0 Å². The molecule has 0 aliphatic heterocycles. The van der Waals surface area contributed by atoms with E-state index in [2.05, 4.69) is 10.6 Å². The molecule has 0 aliphatic rings. The number of nitrogens with one attached hydrogen (secondary N) is 2. The van der Waals surface area contributed by atoms with Gasteiger partial charge < -0.3 is 19.8 Å². The van der Waals surface area contributed by atoms with Crippen molar-refractivity contribution in [2.75, 3.05) is 5.32 Å². The zero-order valence-corrected chi connectivity index (χ0v) is 13.3. The number of anilines is 1. The number of carbonyl (C=O) groups is 2. The number of rotatable bonds is 6. The number of hydrogen-bond acceptors (Lipinski definition) is 4. The minimum Gasteiger partial charge on any atom is -0.491 e. The summed E-state index contributed by atoms with van der Waals surface area (Å²) in [6.45, 7) is 5.49. The van der Waals surface area contributed by atoms with Crippen molar-refractivity contribution in [2.45, 2.75) is 32.9 Å². The summed E-state index contributed by atoms with van der Waals surface area (Å²) in [6, 6.07) is 9.50. The van der Waals surface area contributed by atoms with Crippen molar-refractivity contribution in [1.29, 1.82) is 0 Å². The van der Waals surface area contributed by atoms with Crippen LogP contribution in [0.1, 0.15) is 31.3 Å². The van der Waals surface area contributed by atoms with Gasteiger partial charge in [-0.15, -0.1) is 0 Å². The van der Waals surface area contributed by atoms with Gasteiger partial charge in [0.1, 0.15) is 11.8 Å². The quantitative estimate of drug-likeness (QED) is 0.858. The molecular formula is C17H20N2O4. The molecule has 0 spiro atoms. The lowest BCUT2D eigenvalue weighted by Crippen LogP contribution is -2.41. The molecule has 1 heterocycles. The molecule has 6 nitrogen and oxygen atoms in total. The normalized spacial score (nSPS) is 11.8. The zero-order valence-electron chi connectivity index (χ0n) is 13.3. The molecule has 0 saturated carbocycles. The van der Waals surface area contributed by atoms with Crippen LogP contribution in [0.4, 0.5) is 5.69 Å². The Morgan fingerprint density at radius 3 is 2.35 bits per heavy atom. The number of hydrogen-bond donors (Lipinski definition) is 2. The third-order valence-electron chi connectivity index (χ3n) is 2.98. The Morgan fingerprint density at radius 1 is 1.09 bits per heavy atom. The Hall–Kier alpha value is -2.76. The molecular weight excluding hydrogens is 296 g/mol. The second-order valence-electron chi connectivity index (χ2n) is 5.35. The molecule has 0 radical (unpaired) electrons. The van der Waals surface area contributed by atoms with Crippen molar-refractivity contribution < 1.29 is 18.7 Å². The van der Waals surface area contributed by atoms with E-state index in [4.69, 9.17) is 9.15 Å². The van der Waals surface area contributed by atoms with Crippen LogP contribution < -0.4 is 15.4 Å². The molecule has 2 amide bonds. The average Bonchev–Trinajstić information content (AvgIpc) is 3.03. The van der Waals surface area contributed by atoms with Crippen molar-refractivity contribution in [1.82, 2.24) is 5.32 Å². The third-order valence-corrected chi connectivity index (χ3v) is 2.98. The Labute approximate surface area is 134 Å². The molecule has 0 aliphatic carbocycles. The third kappa shape index (κ3) is 4.88. The fraction of sp³-hybridized carbons (Fsp3) is 0.294. The average molecular weight is 316 g/mol. The van der Waals surface area contributed by atoms with Crippen LogP contribution in [0.5, 0.6) is 5.75 Å². The predicted molar refractivity (Wildman–Crippen MR) is 86.5 cm³/mol. The summed E-state index contributed by atoms with van der Waals surface area (Å²) in [7, 11) is 0. The fourth-order valence-electron chi connectivity index (χ4n) is 1.88. The maximum atomic E-state index is 12.1. The highest BCUT2D eigenvalue weighted by Crippen LogP contribution is 2.17. The lowest BCUT2D eigenvalue weighted by atomic mass is 10.2. The molecule has 2 N–H and O–H groups in total. The van der Waals surface area contributed by atoms with E-state index in [0.717, 1.165) is 5.75 Å². The highest BCUT2D eigenvalue weighted by atomic mass is 16.5. The van der Waals surface area contributed by atoms with E-state index in [1.165, 1.54) is 12.3 Å². The molecule has 6 heteroatoms. The van der Waals surface area contributed by atoms with Gasteiger partial charge in [0.25, 0.3) is 5.91 Å². The SMILES string of the molecule is CC(C)Oc1ccc(NC(=O)[C@H](C)NC(=O)c2ccco2)cc1. The molecule has 1 aromatic carbocycles. The number of benzene rings is 1. The van der Waals surface area contributed by atoms with Crippen molar-refractivity contribution >= 4 is 17.5 Å². The Kier molecular flexibility index (Phi) is 5.41. The first-order valence-corrected chi connectivity index (χ1v) is 7.37. The van der Waals surface area contributed by atoms with E-state index in [1.54, 1.807) is 37.3 Å². The maximum Gasteiger partial charge on any atom is 0.287 e. The number of furan rings is 1. The van der Waals surface area contributed by atoms with Crippen molar-refractivity contribution in [3.63, 3.8) is 0 Å². The van der Waals surface area contributed by atoms with Crippen molar-refractivity contribution in [2.24, 2.45) is 0 Å². The van der Waals surface area contributed by atoms with E-state index in [0.29, 0.717) is 5.69 Å². The summed E-state index contributed by atoms with van der Waals surface area (Å²) in [4.78, 5) is 23.9. The van der Waals surface area contributed by atoms with Gasteiger partial charge in [-0.1, -0.05) is 0 Å². The Bertz CT molecular complexity index is 648. The second kappa shape index (κ2) is 7.49. The highest BCUT2D eigenvalue weighted by Gasteiger charge is 2.18. The molecule has 122 valence electrons. The maximum absolute atomic E-state index is 12.1. The lowest BCUT2D eigenvalue weighted by Gasteiger charge is -2.14. The minimum atomic E-state index is -0.695. The van der Waals surface area contributed by atoms with Crippen LogP contribution >= 0.6 is 0 Å². The number of amides is 2. The summed E-state index contributed by atoms with van der Waals surface area (Å²) >= 11 is 0. The van der Waals surface area contributed by atoms with E-state index >= 15 is 0 Å². The summed E-state index contributed by atoms with van der Waals surface area (Å²) in [5, 5.41) is 5.30. The van der Waals surface area contributed by atoms with Gasteiger partial charge in [0, 0.05) is 5.69 Å². The first-order chi connectivity index (χ1) is 11.0. The van der Waals surface area contributed by atoms with Gasteiger partial charge in [-0.2, -0.15) is 0 Å². The summed E-state index contributed by atoms with van der Waals surface area (Å²) in [5.74, 6) is 0.151. The van der Waals surface area contributed by atoms with Crippen LogP contribution in [0.2, 0.25) is 0 Å². The largest absolute Gasteiger partial charge is 0.491 e. The number of ether oxygens (including phenoxy) is 1. The molecule has 2 aromatic rings. The van der Waals surface area contributed by atoms with Gasteiger partial charge in [0.15, 0.2) is 5.76 Å². The van der Waals surface area contributed by atoms with E-state index in [9.17, 15) is 9.59 Å². The molecule has 2 rings (SSSR count). The Morgan fingerprint density at radius 2 is 1.78 bits per heavy atom. The first kappa shape index (κ1) is 16.6. The van der Waals surface area contributed by atoms with Gasteiger partial charge in [-0.05, 0) is 57.2 Å². The standard InChI is InChI=1S/C17H20N2O4/c1-11(2)23-14-8-6-13(7-9-14)19-16(20)12(3)18-17(21)15-5-4-10-22-15/h4-12H,1-3H3,(H,18,21)(H,19,20)/t12-/m0/s1. The molecule has 0 fully saturated rings. The molecule has 23 heavy (non-hydrogen) atoms. The first-order valence-electron chi connectivity index (χ1n) is 7.37. The van der Waals surface area contributed by atoms with Crippen molar-refractivity contribution in [3.05, 3.63) is 48.4 Å². The highest BCUT2D eigenvalue weighted by molar-refractivity contribution is 5.99.